The summed E-state index contributed by atoms with van der Waals surface area (Å²) in [6.45, 7) is 4.58. The summed E-state index contributed by atoms with van der Waals surface area (Å²) < 4.78 is 50.8. The van der Waals surface area contributed by atoms with Crippen LogP contribution in [0.15, 0.2) is 16.7 Å². The number of ether oxygens (including phenoxy) is 1. The van der Waals surface area contributed by atoms with Crippen LogP contribution in [0, 0.1) is 17.5 Å². The monoisotopic (exact) mass is 396 g/mol. The quantitative estimate of drug-likeness (QED) is 0.791. The number of nitrogens with zero attached hydrogens (tertiary/aromatic N) is 3. The number of benzene rings is 1. The van der Waals surface area contributed by atoms with E-state index in [1.807, 2.05) is 11.8 Å². The minimum absolute atomic E-state index is 0.155. The lowest BCUT2D eigenvalue weighted by Crippen LogP contribution is -2.45. The van der Waals surface area contributed by atoms with Crippen LogP contribution in [0.4, 0.5) is 29.5 Å². The van der Waals surface area contributed by atoms with Gasteiger partial charge in [-0.2, -0.15) is 0 Å². The molecule has 150 valence electrons. The molecule has 1 fully saturated rings. The van der Waals surface area contributed by atoms with E-state index in [0.29, 0.717) is 38.6 Å². The summed E-state index contributed by atoms with van der Waals surface area (Å²) in [6.07, 6.45) is 0.489. The third kappa shape index (κ3) is 3.39. The van der Waals surface area contributed by atoms with E-state index in [1.165, 1.54) is 4.90 Å². The van der Waals surface area contributed by atoms with Crippen molar-refractivity contribution in [2.75, 3.05) is 36.5 Å². The normalized spacial score (nSPS) is 19.5. The fourth-order valence-corrected chi connectivity index (χ4v) is 3.48. The number of anilines is 2. The lowest BCUT2D eigenvalue weighted by molar-refractivity contribution is 0.120. The Morgan fingerprint density at radius 1 is 1.21 bits per heavy atom. The molecule has 10 heteroatoms. The van der Waals surface area contributed by atoms with Gasteiger partial charge in [0.25, 0.3) is 0 Å². The van der Waals surface area contributed by atoms with Crippen LogP contribution in [0.3, 0.4) is 0 Å². The van der Waals surface area contributed by atoms with Crippen molar-refractivity contribution in [3.8, 4) is 0 Å². The van der Waals surface area contributed by atoms with E-state index in [1.54, 1.807) is 0 Å². The summed E-state index contributed by atoms with van der Waals surface area (Å²) in [7, 11) is 0. The number of morpholine rings is 1. The van der Waals surface area contributed by atoms with Crippen LogP contribution in [0.2, 0.25) is 0 Å². The van der Waals surface area contributed by atoms with Crippen LogP contribution in [0.1, 0.15) is 18.2 Å². The highest BCUT2D eigenvalue weighted by molar-refractivity contribution is 5.89. The van der Waals surface area contributed by atoms with E-state index >= 15 is 0 Å². The molecule has 2 aliphatic rings. The molecule has 1 atom stereocenters. The summed E-state index contributed by atoms with van der Waals surface area (Å²) in [4.78, 5) is 16.2. The number of hydrogen-bond donors (Lipinski definition) is 1. The molecule has 0 aliphatic carbocycles. The van der Waals surface area contributed by atoms with Gasteiger partial charge in [-0.25, -0.2) is 18.0 Å². The Hall–Kier alpha value is -2.75. The molecule has 1 saturated heterocycles. The average Bonchev–Trinajstić information content (AvgIpc) is 3.08. The van der Waals surface area contributed by atoms with Gasteiger partial charge in [0.05, 0.1) is 31.0 Å². The van der Waals surface area contributed by atoms with E-state index in [0.717, 1.165) is 23.4 Å². The van der Waals surface area contributed by atoms with E-state index < -0.39 is 23.5 Å². The van der Waals surface area contributed by atoms with Crippen molar-refractivity contribution in [3.05, 3.63) is 40.8 Å². The molecule has 1 aromatic carbocycles. The van der Waals surface area contributed by atoms with Crippen molar-refractivity contribution >= 4 is 17.6 Å². The molecular formula is C18H19F3N4O3. The van der Waals surface area contributed by atoms with E-state index in [4.69, 9.17) is 9.26 Å². The first-order valence-corrected chi connectivity index (χ1v) is 8.96. The second kappa shape index (κ2) is 7.34. The first-order chi connectivity index (χ1) is 13.4. The second-order valence-corrected chi connectivity index (χ2v) is 6.88. The average molecular weight is 396 g/mol. The molecular weight excluding hydrogens is 377 g/mol. The molecule has 2 aromatic rings. The summed E-state index contributed by atoms with van der Waals surface area (Å²) in [5, 5.41) is 6.56. The summed E-state index contributed by atoms with van der Waals surface area (Å²) in [5.41, 5.74) is 1.45. The van der Waals surface area contributed by atoms with Gasteiger partial charge in [-0.1, -0.05) is 5.16 Å². The molecule has 0 spiro atoms. The number of carbonyl (C=O) groups excluding carboxylic acids is 1. The molecule has 1 unspecified atom stereocenters. The van der Waals surface area contributed by atoms with Crippen molar-refractivity contribution in [2.24, 2.45) is 0 Å². The number of aromatic nitrogens is 1. The third-order valence-electron chi connectivity index (χ3n) is 4.99. The highest BCUT2D eigenvalue weighted by Crippen LogP contribution is 2.32. The Kier molecular flexibility index (Phi) is 4.88. The van der Waals surface area contributed by atoms with Gasteiger partial charge >= 0.3 is 6.03 Å². The lowest BCUT2D eigenvalue weighted by Gasteiger charge is -2.34. The Morgan fingerprint density at radius 2 is 1.89 bits per heavy atom. The summed E-state index contributed by atoms with van der Waals surface area (Å²) >= 11 is 0. The van der Waals surface area contributed by atoms with Crippen LogP contribution >= 0.6 is 0 Å². The molecule has 28 heavy (non-hydrogen) atoms. The van der Waals surface area contributed by atoms with Crippen LogP contribution in [0.25, 0.3) is 0 Å². The van der Waals surface area contributed by atoms with Crippen molar-refractivity contribution in [3.63, 3.8) is 0 Å². The lowest BCUT2D eigenvalue weighted by atomic mass is 10.0. The van der Waals surface area contributed by atoms with Gasteiger partial charge in [-0.3, -0.25) is 0 Å². The number of fused-ring (bicyclic) bond motifs is 1. The molecule has 0 bridgehead atoms. The van der Waals surface area contributed by atoms with Gasteiger partial charge in [0.1, 0.15) is 0 Å². The summed E-state index contributed by atoms with van der Waals surface area (Å²) in [6, 6.07) is 0.743. The fraction of sp³-hybridized carbons (Fsp3) is 0.444. The van der Waals surface area contributed by atoms with Gasteiger partial charge in [0.2, 0.25) is 5.88 Å². The van der Waals surface area contributed by atoms with Crippen LogP contribution in [-0.2, 0) is 17.7 Å². The van der Waals surface area contributed by atoms with Crippen molar-refractivity contribution in [2.45, 2.75) is 25.9 Å². The molecule has 0 saturated carbocycles. The van der Waals surface area contributed by atoms with E-state index in [2.05, 4.69) is 10.5 Å². The summed E-state index contributed by atoms with van der Waals surface area (Å²) in [5.74, 6) is -3.69. The minimum atomic E-state index is -1.58. The molecule has 2 amide bonds. The Bertz CT molecular complexity index is 875. The molecule has 7 nitrogen and oxygen atoms in total. The predicted octanol–water partition coefficient (Wildman–Crippen LogP) is 2.91. The zero-order chi connectivity index (χ0) is 19.8. The third-order valence-corrected chi connectivity index (χ3v) is 4.99. The predicted molar refractivity (Wildman–Crippen MR) is 93.6 cm³/mol. The zero-order valence-electron chi connectivity index (χ0n) is 15.2. The van der Waals surface area contributed by atoms with Gasteiger partial charge in [0.15, 0.2) is 17.5 Å². The largest absolute Gasteiger partial charge is 0.378 e. The Balaban J connectivity index is 1.53. The SMILES string of the molecule is CC1Cc2noc(N3CCOCC3)c2CN1C(=O)Nc1cc(F)c(F)c(F)c1. The topological polar surface area (TPSA) is 70.8 Å². The zero-order valence-corrected chi connectivity index (χ0v) is 15.2. The molecule has 1 N–H and O–H groups in total. The van der Waals surface area contributed by atoms with Gasteiger partial charge < -0.3 is 24.4 Å². The minimum Gasteiger partial charge on any atom is -0.378 e. The molecule has 1 aromatic heterocycles. The maximum absolute atomic E-state index is 13.4. The first-order valence-electron chi connectivity index (χ1n) is 8.96. The number of carbonyl (C=O) groups is 1. The number of urea groups is 1. The van der Waals surface area contributed by atoms with Gasteiger partial charge in [-0.15, -0.1) is 0 Å². The Morgan fingerprint density at radius 3 is 2.57 bits per heavy atom. The molecule has 0 radical (unpaired) electrons. The molecule has 2 aliphatic heterocycles. The van der Waals surface area contributed by atoms with Crippen molar-refractivity contribution in [1.29, 1.82) is 0 Å². The number of rotatable bonds is 2. The van der Waals surface area contributed by atoms with Gasteiger partial charge in [-0.05, 0) is 6.92 Å². The molecule has 3 heterocycles. The number of nitrogens with one attached hydrogen (secondary N) is 1. The Labute approximate surface area is 159 Å². The smallest absolute Gasteiger partial charge is 0.322 e. The number of halogens is 3. The highest BCUT2D eigenvalue weighted by atomic mass is 19.2. The number of hydrogen-bond acceptors (Lipinski definition) is 5. The molecule has 4 rings (SSSR count). The van der Waals surface area contributed by atoms with Gasteiger partial charge in [0, 0.05) is 43.4 Å². The highest BCUT2D eigenvalue weighted by Gasteiger charge is 2.34. The van der Waals surface area contributed by atoms with Crippen molar-refractivity contribution < 1.29 is 27.2 Å². The number of amides is 2. The van der Waals surface area contributed by atoms with Crippen LogP contribution in [-0.4, -0.2) is 48.4 Å². The van der Waals surface area contributed by atoms with Crippen LogP contribution < -0.4 is 10.2 Å². The van der Waals surface area contributed by atoms with Crippen molar-refractivity contribution in [1.82, 2.24) is 10.1 Å². The maximum atomic E-state index is 13.4. The second-order valence-electron chi connectivity index (χ2n) is 6.88. The van der Waals surface area contributed by atoms with E-state index in [-0.39, 0.29) is 18.3 Å². The van der Waals surface area contributed by atoms with Crippen LogP contribution in [0.5, 0.6) is 0 Å². The first kappa shape index (κ1) is 18.6. The van der Waals surface area contributed by atoms with E-state index in [9.17, 15) is 18.0 Å². The standard InChI is InChI=1S/C18H19F3N4O3/c1-10-6-15-12(17(28-23-15)24-2-4-27-5-3-24)9-25(10)18(26)22-11-7-13(19)16(21)14(20)8-11/h7-8,10H,2-6,9H2,1H3,(H,22,26). The fourth-order valence-electron chi connectivity index (χ4n) is 3.48. The maximum Gasteiger partial charge on any atom is 0.322 e.